The zero-order chi connectivity index (χ0) is 17.3. The van der Waals surface area contributed by atoms with E-state index in [9.17, 15) is 9.59 Å². The smallest absolute Gasteiger partial charge is 0.340 e. The molecule has 0 unspecified atom stereocenters. The summed E-state index contributed by atoms with van der Waals surface area (Å²) in [4.78, 5) is 30.4. The Bertz CT molecular complexity index is 618. The van der Waals surface area contributed by atoms with Crippen LogP contribution in [0.3, 0.4) is 0 Å². The average Bonchev–Trinajstić information content (AvgIpc) is 2.53. The second kappa shape index (κ2) is 6.54. The van der Waals surface area contributed by atoms with Crippen LogP contribution < -0.4 is 4.90 Å². The number of esters is 1. The van der Waals surface area contributed by atoms with Gasteiger partial charge in [0.25, 0.3) is 0 Å². The molecule has 3 rings (SSSR count). The fourth-order valence-electron chi connectivity index (χ4n) is 3.66. The highest BCUT2D eigenvalue weighted by Crippen LogP contribution is 2.35. The van der Waals surface area contributed by atoms with Gasteiger partial charge in [0.2, 0.25) is 0 Å². The van der Waals surface area contributed by atoms with Gasteiger partial charge in [-0.25, -0.2) is 9.78 Å². The molecule has 0 spiro atoms. The molecule has 24 heavy (non-hydrogen) atoms. The first-order valence-corrected chi connectivity index (χ1v) is 8.78. The largest absolute Gasteiger partial charge is 0.456 e. The number of Topliss-reactive ketones (excluding diaryl/α,β-unsaturated/α-hetero) is 1. The molecule has 1 saturated heterocycles. The predicted octanol–water partition coefficient (Wildman–Crippen LogP) is 3.23. The number of pyridine rings is 1. The van der Waals surface area contributed by atoms with E-state index in [0.29, 0.717) is 23.2 Å². The number of carbonyl (C=O) groups excluding carboxylic acids is 2. The molecule has 1 aromatic heterocycles. The van der Waals surface area contributed by atoms with E-state index in [-0.39, 0.29) is 5.97 Å². The van der Waals surface area contributed by atoms with Crippen LogP contribution in [-0.2, 0) is 9.53 Å². The maximum absolute atomic E-state index is 12.1. The molecule has 0 N–H and O–H groups in total. The summed E-state index contributed by atoms with van der Waals surface area (Å²) >= 11 is 0. The lowest BCUT2D eigenvalue weighted by Crippen LogP contribution is -2.43. The number of hydrogen-bond acceptors (Lipinski definition) is 5. The summed E-state index contributed by atoms with van der Waals surface area (Å²) in [6, 6.07) is 3.68. The molecule has 2 fully saturated rings. The molecule has 1 aromatic rings. The summed E-state index contributed by atoms with van der Waals surface area (Å²) in [6.45, 7) is 7.44. The number of anilines is 1. The monoisotopic (exact) mass is 330 g/mol. The van der Waals surface area contributed by atoms with Crippen LogP contribution >= 0.6 is 0 Å². The molecule has 1 saturated carbocycles. The minimum atomic E-state index is -0.504. The zero-order valence-corrected chi connectivity index (χ0v) is 14.7. The first-order chi connectivity index (χ1) is 11.3. The van der Waals surface area contributed by atoms with Crippen LogP contribution in [0.1, 0.15) is 56.8 Å². The highest BCUT2D eigenvalue weighted by Gasteiger charge is 2.34. The zero-order valence-electron chi connectivity index (χ0n) is 14.7. The second-order valence-electron chi connectivity index (χ2n) is 7.94. The topological polar surface area (TPSA) is 59.5 Å². The van der Waals surface area contributed by atoms with E-state index in [1.165, 1.54) is 0 Å². The number of rotatable bonds is 2. The van der Waals surface area contributed by atoms with Crippen molar-refractivity contribution < 1.29 is 14.3 Å². The summed E-state index contributed by atoms with van der Waals surface area (Å²) < 4.78 is 5.37. The van der Waals surface area contributed by atoms with Gasteiger partial charge in [0.1, 0.15) is 17.2 Å². The molecule has 0 bridgehead atoms. The molecular weight excluding hydrogens is 304 g/mol. The SMILES string of the molecule is CC(C)(C)OC(=O)c1ccc(N2CC[C@@H]3CC(=O)CC[C@H]3C2)nc1. The Hall–Kier alpha value is -1.91. The quantitative estimate of drug-likeness (QED) is 0.779. The van der Waals surface area contributed by atoms with Crippen molar-refractivity contribution in [3.05, 3.63) is 23.9 Å². The van der Waals surface area contributed by atoms with Crippen molar-refractivity contribution in [2.24, 2.45) is 11.8 Å². The summed E-state index contributed by atoms with van der Waals surface area (Å²) in [5.41, 5.74) is -0.0254. The number of ether oxygens (including phenoxy) is 1. The Labute approximate surface area is 143 Å². The molecular formula is C19H26N2O3. The highest BCUT2D eigenvalue weighted by atomic mass is 16.6. The van der Waals surface area contributed by atoms with Crippen molar-refractivity contribution in [2.75, 3.05) is 18.0 Å². The Morgan fingerprint density at radius 2 is 2.04 bits per heavy atom. The van der Waals surface area contributed by atoms with E-state index < -0.39 is 5.60 Å². The first kappa shape index (κ1) is 16.9. The third kappa shape index (κ3) is 3.94. The van der Waals surface area contributed by atoms with Crippen LogP contribution in [0, 0.1) is 11.8 Å². The van der Waals surface area contributed by atoms with Gasteiger partial charge in [-0.2, -0.15) is 0 Å². The molecule has 0 radical (unpaired) electrons. The molecule has 2 aliphatic rings. The number of nitrogens with zero attached hydrogens (tertiary/aromatic N) is 2. The van der Waals surface area contributed by atoms with Gasteiger partial charge in [0.05, 0.1) is 5.56 Å². The standard InChI is InChI=1S/C19H26N2O3/c1-19(2,3)24-18(23)14-5-7-17(20-11-14)21-9-8-13-10-16(22)6-4-15(13)12-21/h5,7,11,13,15H,4,6,8-10,12H2,1-3H3/t13-,15+/m1/s1. The van der Waals surface area contributed by atoms with Crippen molar-refractivity contribution in [1.82, 2.24) is 4.98 Å². The maximum Gasteiger partial charge on any atom is 0.340 e. The average molecular weight is 330 g/mol. The van der Waals surface area contributed by atoms with Crippen molar-refractivity contribution >= 4 is 17.6 Å². The summed E-state index contributed by atoms with van der Waals surface area (Å²) in [6.07, 6.45) is 5.12. The molecule has 1 aliphatic heterocycles. The molecule has 0 amide bonds. The van der Waals surface area contributed by atoms with Gasteiger partial charge in [0, 0.05) is 32.1 Å². The number of ketones is 1. The lowest BCUT2D eigenvalue weighted by molar-refractivity contribution is -0.122. The summed E-state index contributed by atoms with van der Waals surface area (Å²) in [7, 11) is 0. The Morgan fingerprint density at radius 3 is 2.71 bits per heavy atom. The molecule has 2 heterocycles. The number of aromatic nitrogens is 1. The lowest BCUT2D eigenvalue weighted by atomic mass is 9.74. The predicted molar refractivity (Wildman–Crippen MR) is 92.1 cm³/mol. The maximum atomic E-state index is 12.1. The summed E-state index contributed by atoms with van der Waals surface area (Å²) in [5.74, 6) is 2.11. The van der Waals surface area contributed by atoms with Crippen molar-refractivity contribution in [1.29, 1.82) is 0 Å². The summed E-state index contributed by atoms with van der Waals surface area (Å²) in [5, 5.41) is 0. The van der Waals surface area contributed by atoms with Gasteiger partial charge < -0.3 is 9.64 Å². The van der Waals surface area contributed by atoms with Crippen LogP contribution in [0.4, 0.5) is 5.82 Å². The fraction of sp³-hybridized carbons (Fsp3) is 0.632. The minimum Gasteiger partial charge on any atom is -0.456 e. The van der Waals surface area contributed by atoms with Crippen LogP contribution in [0.25, 0.3) is 0 Å². The van der Waals surface area contributed by atoms with Crippen molar-refractivity contribution in [2.45, 2.75) is 52.1 Å². The van der Waals surface area contributed by atoms with Crippen molar-refractivity contribution in [3.8, 4) is 0 Å². The number of piperidine rings is 1. The van der Waals surface area contributed by atoms with Gasteiger partial charge in [0.15, 0.2) is 0 Å². The lowest BCUT2D eigenvalue weighted by Gasteiger charge is -2.41. The molecule has 5 nitrogen and oxygen atoms in total. The number of fused-ring (bicyclic) bond motifs is 1. The number of carbonyl (C=O) groups is 2. The van der Waals surface area contributed by atoms with E-state index in [2.05, 4.69) is 9.88 Å². The Kier molecular flexibility index (Phi) is 4.61. The first-order valence-electron chi connectivity index (χ1n) is 8.78. The Balaban J connectivity index is 1.64. The van der Waals surface area contributed by atoms with E-state index in [1.807, 2.05) is 26.8 Å². The molecule has 0 aromatic carbocycles. The van der Waals surface area contributed by atoms with E-state index >= 15 is 0 Å². The molecule has 5 heteroatoms. The number of hydrogen-bond donors (Lipinski definition) is 0. The highest BCUT2D eigenvalue weighted by molar-refractivity contribution is 5.89. The van der Waals surface area contributed by atoms with Crippen molar-refractivity contribution in [3.63, 3.8) is 0 Å². The second-order valence-corrected chi connectivity index (χ2v) is 7.94. The van der Waals surface area contributed by atoms with Crippen LogP contribution in [0.5, 0.6) is 0 Å². The van der Waals surface area contributed by atoms with Crippen LogP contribution in [0.2, 0.25) is 0 Å². The van der Waals surface area contributed by atoms with Gasteiger partial charge in [-0.05, 0) is 57.6 Å². The third-order valence-corrected chi connectivity index (χ3v) is 4.88. The van der Waals surface area contributed by atoms with E-state index in [4.69, 9.17) is 4.74 Å². The third-order valence-electron chi connectivity index (χ3n) is 4.88. The molecule has 130 valence electrons. The van der Waals surface area contributed by atoms with Gasteiger partial charge in [-0.15, -0.1) is 0 Å². The van der Waals surface area contributed by atoms with E-state index in [0.717, 1.165) is 44.6 Å². The van der Waals surface area contributed by atoms with Crippen LogP contribution in [0.15, 0.2) is 18.3 Å². The normalized spacial score (nSPS) is 24.5. The van der Waals surface area contributed by atoms with Crippen LogP contribution in [-0.4, -0.2) is 35.4 Å². The van der Waals surface area contributed by atoms with Gasteiger partial charge >= 0.3 is 5.97 Å². The molecule has 1 aliphatic carbocycles. The Morgan fingerprint density at radius 1 is 1.25 bits per heavy atom. The van der Waals surface area contributed by atoms with Gasteiger partial charge in [-0.3, -0.25) is 4.79 Å². The molecule has 2 atom stereocenters. The van der Waals surface area contributed by atoms with E-state index in [1.54, 1.807) is 12.3 Å². The minimum absolute atomic E-state index is 0.342. The van der Waals surface area contributed by atoms with Gasteiger partial charge in [-0.1, -0.05) is 0 Å². The fourth-order valence-corrected chi connectivity index (χ4v) is 3.66.